The summed E-state index contributed by atoms with van der Waals surface area (Å²) >= 11 is 5.66. The number of hydrogen-bond donors (Lipinski definition) is 3. The van der Waals surface area contributed by atoms with Gasteiger partial charge in [-0.25, -0.2) is 4.39 Å². The molecule has 80 valence electrons. The van der Waals surface area contributed by atoms with Crippen molar-refractivity contribution < 1.29 is 14.6 Å². The smallest absolute Gasteiger partial charge is 0.165 e. The predicted molar refractivity (Wildman–Crippen MR) is 54.3 cm³/mol. The minimum atomic E-state index is -0.872. The van der Waals surface area contributed by atoms with Gasteiger partial charge in [-0.3, -0.25) is 0 Å². The molecule has 0 saturated heterocycles. The van der Waals surface area contributed by atoms with Crippen molar-refractivity contribution in [2.75, 3.05) is 6.61 Å². The van der Waals surface area contributed by atoms with E-state index in [2.05, 4.69) is 0 Å². The number of halogens is 3. The van der Waals surface area contributed by atoms with Crippen molar-refractivity contribution >= 4 is 24.0 Å². The maximum atomic E-state index is 12.8. The van der Waals surface area contributed by atoms with E-state index in [0.29, 0.717) is 0 Å². The number of nitrogens with two attached hydrogens (primary N) is 1. The van der Waals surface area contributed by atoms with Crippen molar-refractivity contribution in [2.45, 2.75) is 6.04 Å². The molecule has 1 aromatic carbocycles. The van der Waals surface area contributed by atoms with Crippen molar-refractivity contribution in [1.29, 1.82) is 0 Å². The molecule has 0 fully saturated rings. The van der Waals surface area contributed by atoms with Crippen LogP contribution in [0.2, 0.25) is 5.02 Å². The number of aliphatic hydroxyl groups is 1. The zero-order valence-electron chi connectivity index (χ0n) is 7.08. The van der Waals surface area contributed by atoms with Crippen LogP contribution in [0.4, 0.5) is 4.39 Å². The van der Waals surface area contributed by atoms with Gasteiger partial charge in [-0.1, -0.05) is 11.6 Å². The molecule has 0 saturated carbocycles. The Kier molecular flexibility index (Phi) is 5.15. The van der Waals surface area contributed by atoms with Gasteiger partial charge in [-0.15, -0.1) is 12.4 Å². The molecule has 1 aromatic rings. The maximum Gasteiger partial charge on any atom is 0.165 e. The molecular formula is C8H10Cl2FNO2. The molecule has 1 atom stereocenters. The number of phenolic OH excluding ortho intramolecular Hbond substituents is 1. The number of rotatable bonds is 2. The second-order valence-electron chi connectivity index (χ2n) is 2.58. The standard InChI is InChI=1S/C8H9ClFNO2.ClH/c9-4-1-2-5(10)8(13)7(4)6(11)3-12;/h1-2,6,12-13H,3,11H2;1H/t6-;/m1./s1. The van der Waals surface area contributed by atoms with Gasteiger partial charge < -0.3 is 15.9 Å². The van der Waals surface area contributed by atoms with Crippen LogP contribution in [0.15, 0.2) is 12.1 Å². The fourth-order valence-corrected chi connectivity index (χ4v) is 1.29. The molecule has 0 spiro atoms. The summed E-state index contributed by atoms with van der Waals surface area (Å²) < 4.78 is 12.8. The van der Waals surface area contributed by atoms with E-state index in [9.17, 15) is 9.50 Å². The third kappa shape index (κ3) is 2.48. The third-order valence-corrected chi connectivity index (χ3v) is 2.01. The van der Waals surface area contributed by atoms with Crippen LogP contribution in [0.1, 0.15) is 11.6 Å². The van der Waals surface area contributed by atoms with E-state index in [1.807, 2.05) is 0 Å². The summed E-state index contributed by atoms with van der Waals surface area (Å²) in [5.74, 6) is -1.41. The molecule has 0 heterocycles. The van der Waals surface area contributed by atoms with Gasteiger partial charge in [0, 0.05) is 10.6 Å². The van der Waals surface area contributed by atoms with Crippen LogP contribution in [0.5, 0.6) is 5.75 Å². The molecule has 0 unspecified atom stereocenters. The summed E-state index contributed by atoms with van der Waals surface area (Å²) in [7, 11) is 0. The van der Waals surface area contributed by atoms with Crippen LogP contribution in [0.25, 0.3) is 0 Å². The predicted octanol–water partition coefficient (Wildman–Crippen LogP) is 1.60. The summed E-state index contributed by atoms with van der Waals surface area (Å²) in [6, 6.07) is 1.44. The van der Waals surface area contributed by atoms with Crippen LogP contribution in [-0.2, 0) is 0 Å². The third-order valence-electron chi connectivity index (χ3n) is 1.68. The minimum Gasteiger partial charge on any atom is -0.505 e. The second kappa shape index (κ2) is 5.36. The fourth-order valence-electron chi connectivity index (χ4n) is 1.00. The molecule has 0 aliphatic carbocycles. The first-order chi connectivity index (χ1) is 6.07. The summed E-state index contributed by atoms with van der Waals surface area (Å²) in [6.07, 6.45) is 0. The zero-order chi connectivity index (χ0) is 10.0. The van der Waals surface area contributed by atoms with Crippen LogP contribution < -0.4 is 5.73 Å². The lowest BCUT2D eigenvalue weighted by molar-refractivity contribution is 0.264. The van der Waals surface area contributed by atoms with Crippen molar-refractivity contribution in [3.05, 3.63) is 28.5 Å². The molecule has 1 rings (SSSR count). The number of phenols is 1. The van der Waals surface area contributed by atoms with E-state index in [1.165, 1.54) is 6.07 Å². The van der Waals surface area contributed by atoms with E-state index >= 15 is 0 Å². The monoisotopic (exact) mass is 241 g/mol. The highest BCUT2D eigenvalue weighted by Gasteiger charge is 2.17. The van der Waals surface area contributed by atoms with E-state index in [4.69, 9.17) is 22.4 Å². The molecule has 0 aliphatic heterocycles. The molecule has 4 N–H and O–H groups in total. The number of hydrogen-bond acceptors (Lipinski definition) is 3. The lowest BCUT2D eigenvalue weighted by Crippen LogP contribution is -2.15. The Bertz CT molecular complexity index is 322. The van der Waals surface area contributed by atoms with Crippen LogP contribution in [0, 0.1) is 5.82 Å². The molecular weight excluding hydrogens is 232 g/mol. The van der Waals surface area contributed by atoms with E-state index in [1.54, 1.807) is 0 Å². The summed E-state index contributed by atoms with van der Waals surface area (Å²) in [5, 5.41) is 18.1. The Morgan fingerprint density at radius 1 is 1.50 bits per heavy atom. The number of benzene rings is 1. The fraction of sp³-hybridized carbons (Fsp3) is 0.250. The Morgan fingerprint density at radius 2 is 2.07 bits per heavy atom. The van der Waals surface area contributed by atoms with E-state index in [-0.39, 0.29) is 23.0 Å². The molecule has 0 amide bonds. The van der Waals surface area contributed by atoms with Gasteiger partial charge in [0.15, 0.2) is 11.6 Å². The molecule has 0 radical (unpaired) electrons. The molecule has 6 heteroatoms. The van der Waals surface area contributed by atoms with Crippen molar-refractivity contribution in [3.8, 4) is 5.75 Å². The average molecular weight is 242 g/mol. The Balaban J connectivity index is 0.00000169. The summed E-state index contributed by atoms with van der Waals surface area (Å²) in [6.45, 7) is -0.406. The first-order valence-electron chi connectivity index (χ1n) is 3.61. The second-order valence-corrected chi connectivity index (χ2v) is 2.99. The normalized spacial score (nSPS) is 12.0. The van der Waals surface area contributed by atoms with Gasteiger partial charge in [0.2, 0.25) is 0 Å². The molecule has 14 heavy (non-hydrogen) atoms. The largest absolute Gasteiger partial charge is 0.505 e. The maximum absolute atomic E-state index is 12.8. The minimum absolute atomic E-state index is 0. The highest BCUT2D eigenvalue weighted by atomic mass is 35.5. The first kappa shape index (κ1) is 13.4. The SMILES string of the molecule is Cl.N[C@H](CO)c1c(Cl)ccc(F)c1O. The molecule has 0 aromatic heterocycles. The van der Waals surface area contributed by atoms with Gasteiger partial charge in [-0.05, 0) is 12.1 Å². The van der Waals surface area contributed by atoms with Crippen molar-refractivity contribution in [2.24, 2.45) is 5.73 Å². The lowest BCUT2D eigenvalue weighted by atomic mass is 10.1. The quantitative estimate of drug-likeness (QED) is 0.737. The zero-order valence-corrected chi connectivity index (χ0v) is 8.65. The van der Waals surface area contributed by atoms with Gasteiger partial charge >= 0.3 is 0 Å². The van der Waals surface area contributed by atoms with E-state index < -0.39 is 24.2 Å². The van der Waals surface area contributed by atoms with E-state index in [0.717, 1.165) is 6.07 Å². The highest BCUT2D eigenvalue weighted by molar-refractivity contribution is 6.31. The van der Waals surface area contributed by atoms with Crippen LogP contribution in [-0.4, -0.2) is 16.8 Å². The van der Waals surface area contributed by atoms with Gasteiger partial charge in [0.1, 0.15) is 0 Å². The van der Waals surface area contributed by atoms with Crippen LogP contribution >= 0.6 is 24.0 Å². The Labute approximate surface area is 91.7 Å². The van der Waals surface area contributed by atoms with Gasteiger partial charge in [0.05, 0.1) is 12.6 Å². The Hall–Kier alpha value is -0.550. The van der Waals surface area contributed by atoms with Crippen LogP contribution in [0.3, 0.4) is 0 Å². The molecule has 3 nitrogen and oxygen atoms in total. The Morgan fingerprint density at radius 3 is 2.57 bits per heavy atom. The first-order valence-corrected chi connectivity index (χ1v) is 3.99. The van der Waals surface area contributed by atoms with Gasteiger partial charge in [0.25, 0.3) is 0 Å². The number of aromatic hydroxyl groups is 1. The molecule has 0 aliphatic rings. The number of aliphatic hydroxyl groups excluding tert-OH is 1. The highest BCUT2D eigenvalue weighted by Crippen LogP contribution is 2.32. The van der Waals surface area contributed by atoms with Gasteiger partial charge in [-0.2, -0.15) is 0 Å². The lowest BCUT2D eigenvalue weighted by Gasteiger charge is -2.12. The topological polar surface area (TPSA) is 66.5 Å². The van der Waals surface area contributed by atoms with Crippen molar-refractivity contribution in [3.63, 3.8) is 0 Å². The summed E-state index contributed by atoms with van der Waals surface area (Å²) in [4.78, 5) is 0. The summed E-state index contributed by atoms with van der Waals surface area (Å²) in [5.41, 5.74) is 5.44. The molecule has 0 bridgehead atoms. The van der Waals surface area contributed by atoms with Crippen molar-refractivity contribution in [1.82, 2.24) is 0 Å². The average Bonchev–Trinajstić information content (AvgIpc) is 2.12.